The number of non-ortho nitro benzene ring substituents is 1. The van der Waals surface area contributed by atoms with Crippen molar-refractivity contribution in [3.8, 4) is 17.2 Å². The second-order valence-electron chi connectivity index (χ2n) is 4.71. The number of anilines is 1. The van der Waals surface area contributed by atoms with Gasteiger partial charge in [0.2, 0.25) is 0 Å². The third-order valence-electron chi connectivity index (χ3n) is 3.17. The molecule has 2 aromatic rings. The number of hydrogen-bond acceptors (Lipinski definition) is 6. The lowest BCUT2D eigenvalue weighted by molar-refractivity contribution is -0.384. The first-order chi connectivity index (χ1) is 12.0. The molecule has 0 aliphatic heterocycles. The number of ether oxygens (including phenoxy) is 3. The number of amides is 2. The summed E-state index contributed by atoms with van der Waals surface area (Å²) in [4.78, 5) is 22.1. The molecule has 2 rings (SSSR count). The van der Waals surface area contributed by atoms with Crippen LogP contribution in [-0.2, 0) is 0 Å². The normalized spacial score (nSPS) is 9.84. The first-order valence-corrected chi connectivity index (χ1v) is 7.18. The standard InChI is InChI=1S/C16H17N3O6/c1-23-13-5-3-4-6-14(13)25-10-17-16(20)18-12-8-7-11(19(21)22)9-15(12)24-2/h3-9H,10H2,1-2H3,(H2,17,18,20). The van der Waals surface area contributed by atoms with Crippen molar-refractivity contribution in [2.24, 2.45) is 0 Å². The number of methoxy groups -OCH3 is 2. The number of benzene rings is 2. The summed E-state index contributed by atoms with van der Waals surface area (Å²) in [6.07, 6.45) is 0. The van der Waals surface area contributed by atoms with Gasteiger partial charge < -0.3 is 24.8 Å². The second kappa shape index (κ2) is 8.39. The van der Waals surface area contributed by atoms with Crippen LogP contribution in [0.2, 0.25) is 0 Å². The lowest BCUT2D eigenvalue weighted by Gasteiger charge is -2.13. The molecule has 9 nitrogen and oxygen atoms in total. The van der Waals surface area contributed by atoms with Gasteiger partial charge in [-0.3, -0.25) is 10.1 Å². The Hall–Kier alpha value is -3.49. The molecule has 2 aromatic carbocycles. The molecule has 0 radical (unpaired) electrons. The Morgan fingerprint density at radius 1 is 1.08 bits per heavy atom. The zero-order chi connectivity index (χ0) is 18.2. The molecule has 25 heavy (non-hydrogen) atoms. The van der Waals surface area contributed by atoms with Crippen LogP contribution in [0.4, 0.5) is 16.2 Å². The maximum absolute atomic E-state index is 11.9. The number of nitrogens with zero attached hydrogens (tertiary/aromatic N) is 1. The quantitative estimate of drug-likeness (QED) is 0.452. The van der Waals surface area contributed by atoms with E-state index >= 15 is 0 Å². The highest BCUT2D eigenvalue weighted by Gasteiger charge is 2.13. The molecule has 0 bridgehead atoms. The summed E-state index contributed by atoms with van der Waals surface area (Å²) in [5.41, 5.74) is 0.158. The fourth-order valence-corrected chi connectivity index (χ4v) is 1.98. The fraction of sp³-hybridized carbons (Fsp3) is 0.188. The monoisotopic (exact) mass is 347 g/mol. The molecule has 0 saturated carbocycles. The van der Waals surface area contributed by atoms with Crippen LogP contribution in [0.25, 0.3) is 0 Å². The van der Waals surface area contributed by atoms with E-state index in [1.54, 1.807) is 24.3 Å². The summed E-state index contributed by atoms with van der Waals surface area (Å²) >= 11 is 0. The Morgan fingerprint density at radius 2 is 1.76 bits per heavy atom. The molecular weight excluding hydrogens is 330 g/mol. The molecule has 0 aliphatic rings. The molecule has 9 heteroatoms. The van der Waals surface area contributed by atoms with E-state index < -0.39 is 11.0 Å². The van der Waals surface area contributed by atoms with Gasteiger partial charge in [0.05, 0.1) is 30.9 Å². The average molecular weight is 347 g/mol. The Labute approximate surface area is 143 Å². The minimum atomic E-state index is -0.554. The van der Waals surface area contributed by atoms with Crippen molar-refractivity contribution in [2.45, 2.75) is 0 Å². The van der Waals surface area contributed by atoms with E-state index in [4.69, 9.17) is 14.2 Å². The highest BCUT2D eigenvalue weighted by Crippen LogP contribution is 2.29. The summed E-state index contributed by atoms with van der Waals surface area (Å²) in [6.45, 7) is -0.0957. The number of para-hydroxylation sites is 2. The first kappa shape index (κ1) is 17.9. The van der Waals surface area contributed by atoms with E-state index in [2.05, 4.69) is 10.6 Å². The number of carbonyl (C=O) groups excluding carboxylic acids is 1. The molecule has 2 N–H and O–H groups in total. The van der Waals surface area contributed by atoms with Crippen molar-refractivity contribution < 1.29 is 23.9 Å². The lowest BCUT2D eigenvalue weighted by Crippen LogP contribution is -2.32. The van der Waals surface area contributed by atoms with Crippen LogP contribution in [0.1, 0.15) is 0 Å². The van der Waals surface area contributed by atoms with Gasteiger partial charge in [-0.1, -0.05) is 12.1 Å². The maximum Gasteiger partial charge on any atom is 0.321 e. The van der Waals surface area contributed by atoms with Crippen molar-refractivity contribution in [1.82, 2.24) is 5.32 Å². The maximum atomic E-state index is 11.9. The number of urea groups is 1. The Balaban J connectivity index is 1.93. The van der Waals surface area contributed by atoms with Crippen molar-refractivity contribution in [3.63, 3.8) is 0 Å². The van der Waals surface area contributed by atoms with Gasteiger partial charge in [0.1, 0.15) is 5.75 Å². The Kier molecular flexibility index (Phi) is 5.99. The van der Waals surface area contributed by atoms with Crippen LogP contribution in [0, 0.1) is 10.1 Å². The molecule has 132 valence electrons. The first-order valence-electron chi connectivity index (χ1n) is 7.18. The van der Waals surface area contributed by atoms with Gasteiger partial charge in [0, 0.05) is 6.07 Å². The number of nitro groups is 1. The summed E-state index contributed by atoms with van der Waals surface area (Å²) in [6, 6.07) is 10.3. The van der Waals surface area contributed by atoms with Gasteiger partial charge in [-0.25, -0.2) is 4.79 Å². The Bertz CT molecular complexity index is 765. The van der Waals surface area contributed by atoms with Crippen LogP contribution < -0.4 is 24.8 Å². The van der Waals surface area contributed by atoms with Crippen LogP contribution in [0.5, 0.6) is 17.2 Å². The van der Waals surface area contributed by atoms with E-state index in [-0.39, 0.29) is 18.2 Å². The summed E-state index contributed by atoms with van der Waals surface area (Å²) in [5.74, 6) is 1.20. The van der Waals surface area contributed by atoms with Crippen LogP contribution in [-0.4, -0.2) is 31.9 Å². The number of rotatable bonds is 7. The number of hydrogen-bond donors (Lipinski definition) is 2. The van der Waals surface area contributed by atoms with Gasteiger partial charge in [-0.15, -0.1) is 0 Å². The van der Waals surface area contributed by atoms with E-state index in [1.807, 2.05) is 0 Å². The summed E-state index contributed by atoms with van der Waals surface area (Å²) < 4.78 is 15.6. The van der Waals surface area contributed by atoms with Gasteiger partial charge in [-0.2, -0.15) is 0 Å². The molecule has 2 amide bonds. The molecule has 0 unspecified atom stereocenters. The van der Waals surface area contributed by atoms with Crippen LogP contribution in [0.3, 0.4) is 0 Å². The van der Waals surface area contributed by atoms with Gasteiger partial charge in [-0.05, 0) is 18.2 Å². The van der Waals surface area contributed by atoms with Crippen LogP contribution in [0.15, 0.2) is 42.5 Å². The van der Waals surface area contributed by atoms with Crippen molar-refractivity contribution >= 4 is 17.4 Å². The molecule has 0 atom stereocenters. The molecule has 0 aliphatic carbocycles. The van der Waals surface area contributed by atoms with Crippen molar-refractivity contribution in [1.29, 1.82) is 0 Å². The topological polar surface area (TPSA) is 112 Å². The second-order valence-corrected chi connectivity index (χ2v) is 4.71. The van der Waals surface area contributed by atoms with E-state index in [0.717, 1.165) is 0 Å². The predicted molar refractivity (Wildman–Crippen MR) is 90.3 cm³/mol. The average Bonchev–Trinajstić information content (AvgIpc) is 2.62. The summed E-state index contributed by atoms with van der Waals surface area (Å²) in [5, 5.41) is 15.8. The molecule has 0 fully saturated rings. The largest absolute Gasteiger partial charge is 0.494 e. The molecule has 0 spiro atoms. The number of nitrogens with one attached hydrogen (secondary N) is 2. The zero-order valence-electron chi connectivity index (χ0n) is 13.6. The van der Waals surface area contributed by atoms with E-state index in [0.29, 0.717) is 17.2 Å². The third kappa shape index (κ3) is 4.74. The lowest BCUT2D eigenvalue weighted by atomic mass is 10.2. The third-order valence-corrected chi connectivity index (χ3v) is 3.17. The Morgan fingerprint density at radius 3 is 2.40 bits per heavy atom. The minimum Gasteiger partial charge on any atom is -0.494 e. The van der Waals surface area contributed by atoms with Crippen molar-refractivity contribution in [2.75, 3.05) is 26.3 Å². The zero-order valence-corrected chi connectivity index (χ0v) is 13.6. The van der Waals surface area contributed by atoms with Crippen LogP contribution >= 0.6 is 0 Å². The highest BCUT2D eigenvalue weighted by molar-refractivity contribution is 5.91. The van der Waals surface area contributed by atoms with Gasteiger partial charge in [0.25, 0.3) is 5.69 Å². The molecule has 0 saturated heterocycles. The minimum absolute atomic E-state index is 0.0957. The molecular formula is C16H17N3O6. The van der Waals surface area contributed by atoms with Crippen molar-refractivity contribution in [3.05, 3.63) is 52.6 Å². The highest BCUT2D eigenvalue weighted by atomic mass is 16.6. The smallest absolute Gasteiger partial charge is 0.321 e. The van der Waals surface area contributed by atoms with Gasteiger partial charge in [0.15, 0.2) is 18.2 Å². The molecule has 0 heterocycles. The fourth-order valence-electron chi connectivity index (χ4n) is 1.98. The van der Waals surface area contributed by atoms with Gasteiger partial charge >= 0.3 is 6.03 Å². The number of carbonyl (C=O) groups is 1. The SMILES string of the molecule is COc1cc([N+](=O)[O-])ccc1NC(=O)NCOc1ccccc1OC. The number of nitro benzene ring substituents is 1. The van der Waals surface area contributed by atoms with E-state index in [9.17, 15) is 14.9 Å². The summed E-state index contributed by atoms with van der Waals surface area (Å²) in [7, 11) is 2.87. The molecule has 0 aromatic heterocycles. The predicted octanol–water partition coefficient (Wildman–Crippen LogP) is 2.77. The van der Waals surface area contributed by atoms with E-state index in [1.165, 1.54) is 32.4 Å².